The van der Waals surface area contributed by atoms with Crippen LogP contribution in [0.3, 0.4) is 0 Å². The third-order valence-electron chi connectivity index (χ3n) is 4.02. The number of aryl methyl sites for hydroxylation is 1. The van der Waals surface area contributed by atoms with Gasteiger partial charge in [0.25, 0.3) is 0 Å². The second-order valence-electron chi connectivity index (χ2n) is 5.29. The van der Waals surface area contributed by atoms with Gasteiger partial charge in [0.15, 0.2) is 0 Å². The van der Waals surface area contributed by atoms with Crippen LogP contribution in [-0.4, -0.2) is 6.04 Å². The van der Waals surface area contributed by atoms with Crippen LogP contribution in [0.15, 0.2) is 12.1 Å². The predicted molar refractivity (Wildman–Crippen MR) is 76.6 cm³/mol. The lowest BCUT2D eigenvalue weighted by Gasteiger charge is -2.28. The number of rotatable bonds is 5. The van der Waals surface area contributed by atoms with Gasteiger partial charge in [-0.15, -0.1) is 11.3 Å². The van der Waals surface area contributed by atoms with Crippen molar-refractivity contribution in [2.75, 3.05) is 0 Å². The molecule has 1 nitrogen and oxygen atoms in total. The molecule has 1 aromatic rings. The molecule has 1 heterocycles. The first-order chi connectivity index (χ1) is 8.29. The van der Waals surface area contributed by atoms with Gasteiger partial charge in [0.1, 0.15) is 0 Å². The van der Waals surface area contributed by atoms with Gasteiger partial charge in [-0.1, -0.05) is 26.2 Å². The van der Waals surface area contributed by atoms with Crippen molar-refractivity contribution in [1.82, 2.24) is 5.32 Å². The minimum absolute atomic E-state index is 0.683. The van der Waals surface area contributed by atoms with Crippen molar-refractivity contribution >= 4 is 11.3 Å². The summed E-state index contributed by atoms with van der Waals surface area (Å²) < 4.78 is 0. The summed E-state index contributed by atoms with van der Waals surface area (Å²) in [6, 6.07) is 5.24. The Kier molecular flexibility index (Phi) is 5.05. The molecule has 0 aliphatic heterocycles. The first-order valence-electron chi connectivity index (χ1n) is 7.10. The molecule has 2 heteroatoms. The molecule has 0 unspecified atom stereocenters. The fourth-order valence-electron chi connectivity index (χ4n) is 2.77. The maximum absolute atomic E-state index is 3.72. The highest BCUT2D eigenvalue weighted by atomic mass is 32.1. The maximum Gasteiger partial charge on any atom is 0.0302 e. The van der Waals surface area contributed by atoms with E-state index in [-0.39, 0.29) is 0 Å². The Morgan fingerprint density at radius 1 is 1.24 bits per heavy atom. The highest BCUT2D eigenvalue weighted by molar-refractivity contribution is 7.11. The Morgan fingerprint density at radius 2 is 1.94 bits per heavy atom. The molecule has 0 aromatic carbocycles. The van der Waals surface area contributed by atoms with E-state index in [1.807, 2.05) is 11.3 Å². The van der Waals surface area contributed by atoms with Crippen molar-refractivity contribution in [2.45, 2.75) is 65.0 Å². The highest BCUT2D eigenvalue weighted by Crippen LogP contribution is 2.26. The Morgan fingerprint density at radius 3 is 2.59 bits per heavy atom. The van der Waals surface area contributed by atoms with E-state index in [4.69, 9.17) is 0 Å². The molecule has 1 fully saturated rings. The van der Waals surface area contributed by atoms with Crippen molar-refractivity contribution in [1.29, 1.82) is 0 Å². The Labute approximate surface area is 110 Å². The molecule has 1 saturated carbocycles. The zero-order valence-electron chi connectivity index (χ0n) is 11.2. The van der Waals surface area contributed by atoms with Crippen LogP contribution >= 0.6 is 11.3 Å². The second kappa shape index (κ2) is 6.55. The predicted octanol–water partition coefficient (Wildman–Crippen LogP) is 4.37. The van der Waals surface area contributed by atoms with Crippen LogP contribution < -0.4 is 5.32 Å². The van der Waals surface area contributed by atoms with E-state index < -0.39 is 0 Å². The van der Waals surface area contributed by atoms with Gasteiger partial charge < -0.3 is 5.32 Å². The van der Waals surface area contributed by atoms with Crippen LogP contribution in [0.4, 0.5) is 0 Å². The molecule has 1 aromatic heterocycles. The van der Waals surface area contributed by atoms with Crippen molar-refractivity contribution in [3.63, 3.8) is 0 Å². The molecule has 0 amide bonds. The molecule has 0 saturated heterocycles. The molecule has 2 rings (SSSR count). The lowest BCUT2D eigenvalue weighted by Crippen LogP contribution is -2.33. The van der Waals surface area contributed by atoms with Crippen molar-refractivity contribution in [3.8, 4) is 0 Å². The van der Waals surface area contributed by atoms with Gasteiger partial charge in [-0.25, -0.2) is 0 Å². The fourth-order valence-corrected chi connectivity index (χ4v) is 3.68. The lowest BCUT2D eigenvalue weighted by atomic mass is 9.84. The Hall–Kier alpha value is -0.340. The van der Waals surface area contributed by atoms with Crippen LogP contribution in [0, 0.1) is 5.92 Å². The van der Waals surface area contributed by atoms with E-state index in [9.17, 15) is 0 Å². The Balaban J connectivity index is 1.76. The molecule has 1 N–H and O–H groups in total. The van der Waals surface area contributed by atoms with Gasteiger partial charge in [-0.2, -0.15) is 0 Å². The van der Waals surface area contributed by atoms with Gasteiger partial charge in [0, 0.05) is 22.3 Å². The van der Waals surface area contributed by atoms with Crippen LogP contribution in [0.25, 0.3) is 0 Å². The van der Waals surface area contributed by atoms with E-state index in [1.165, 1.54) is 48.3 Å². The summed E-state index contributed by atoms with van der Waals surface area (Å²) in [5.41, 5.74) is 0. The van der Waals surface area contributed by atoms with Crippen LogP contribution in [0.1, 0.15) is 55.7 Å². The molecule has 0 spiro atoms. The van der Waals surface area contributed by atoms with E-state index in [2.05, 4.69) is 31.3 Å². The molecular formula is C15H25NS. The number of thiophene rings is 1. The second-order valence-corrected chi connectivity index (χ2v) is 6.54. The maximum atomic E-state index is 3.72. The first-order valence-corrected chi connectivity index (χ1v) is 7.92. The van der Waals surface area contributed by atoms with Crippen molar-refractivity contribution in [2.24, 2.45) is 5.92 Å². The van der Waals surface area contributed by atoms with Gasteiger partial charge in [0.2, 0.25) is 0 Å². The van der Waals surface area contributed by atoms with Gasteiger partial charge in [0.05, 0.1) is 0 Å². The SMILES string of the molecule is CCc1ccc(CN[C@H](C)C2CCCCC2)s1. The van der Waals surface area contributed by atoms with Crippen LogP contribution in [0.2, 0.25) is 0 Å². The molecule has 1 atom stereocenters. The molecular weight excluding hydrogens is 226 g/mol. The quantitative estimate of drug-likeness (QED) is 0.819. The minimum atomic E-state index is 0.683. The van der Waals surface area contributed by atoms with E-state index >= 15 is 0 Å². The minimum Gasteiger partial charge on any atom is -0.309 e. The van der Waals surface area contributed by atoms with Crippen LogP contribution in [-0.2, 0) is 13.0 Å². The molecule has 96 valence electrons. The standard InChI is InChI=1S/C15H25NS/c1-3-14-9-10-15(17-14)11-16-12(2)13-7-5-4-6-8-13/h9-10,12-13,16H,3-8,11H2,1-2H3/t12-/m1/s1. The van der Waals surface area contributed by atoms with Crippen molar-refractivity contribution < 1.29 is 0 Å². The zero-order valence-corrected chi connectivity index (χ0v) is 12.0. The average molecular weight is 251 g/mol. The van der Waals surface area contributed by atoms with Gasteiger partial charge in [-0.3, -0.25) is 0 Å². The molecule has 0 bridgehead atoms. The molecule has 1 aliphatic carbocycles. The van der Waals surface area contributed by atoms with Crippen LogP contribution in [0.5, 0.6) is 0 Å². The monoisotopic (exact) mass is 251 g/mol. The van der Waals surface area contributed by atoms with E-state index in [0.29, 0.717) is 6.04 Å². The number of hydrogen-bond donors (Lipinski definition) is 1. The summed E-state index contributed by atoms with van der Waals surface area (Å²) in [7, 11) is 0. The normalized spacial score (nSPS) is 19.4. The molecule has 1 aliphatic rings. The highest BCUT2D eigenvalue weighted by Gasteiger charge is 2.19. The Bertz CT molecular complexity index is 325. The average Bonchev–Trinajstić information content (AvgIpc) is 2.85. The summed E-state index contributed by atoms with van der Waals surface area (Å²) in [6.45, 7) is 5.65. The van der Waals surface area contributed by atoms with Crippen molar-refractivity contribution in [3.05, 3.63) is 21.9 Å². The third-order valence-corrected chi connectivity index (χ3v) is 5.25. The largest absolute Gasteiger partial charge is 0.309 e. The zero-order chi connectivity index (χ0) is 12.1. The first kappa shape index (κ1) is 13.1. The molecule has 0 radical (unpaired) electrons. The van der Waals surface area contributed by atoms with Gasteiger partial charge >= 0.3 is 0 Å². The van der Waals surface area contributed by atoms with E-state index in [0.717, 1.165) is 12.5 Å². The fraction of sp³-hybridized carbons (Fsp3) is 0.733. The lowest BCUT2D eigenvalue weighted by molar-refractivity contribution is 0.281. The van der Waals surface area contributed by atoms with Gasteiger partial charge in [-0.05, 0) is 44.2 Å². The summed E-state index contributed by atoms with van der Waals surface area (Å²) >= 11 is 1.96. The summed E-state index contributed by atoms with van der Waals surface area (Å²) in [6.07, 6.45) is 8.36. The smallest absolute Gasteiger partial charge is 0.0302 e. The number of hydrogen-bond acceptors (Lipinski definition) is 2. The third kappa shape index (κ3) is 3.82. The topological polar surface area (TPSA) is 12.0 Å². The summed E-state index contributed by atoms with van der Waals surface area (Å²) in [5.74, 6) is 0.911. The van der Waals surface area contributed by atoms with E-state index in [1.54, 1.807) is 0 Å². The summed E-state index contributed by atoms with van der Waals surface area (Å²) in [5, 5.41) is 3.72. The number of nitrogens with one attached hydrogen (secondary N) is 1. The summed E-state index contributed by atoms with van der Waals surface area (Å²) in [4.78, 5) is 3.00. The molecule has 17 heavy (non-hydrogen) atoms.